The average Bonchev–Trinajstić information content (AvgIpc) is 3.30. The van der Waals surface area contributed by atoms with E-state index in [9.17, 15) is 0 Å². The van der Waals surface area contributed by atoms with Gasteiger partial charge in [-0.15, -0.1) is 0 Å². The predicted octanol–water partition coefficient (Wildman–Crippen LogP) is -0.619. The molecule has 2 heterocycles. The molecule has 0 bridgehead atoms. The van der Waals surface area contributed by atoms with Crippen LogP contribution in [0.25, 0.3) is 11.6 Å². The third kappa shape index (κ3) is 4.71. The average molecular weight is 486 g/mol. The molecule has 0 saturated carbocycles. The first-order valence-corrected chi connectivity index (χ1v) is 10.1. The molecule has 0 saturated heterocycles. The van der Waals surface area contributed by atoms with Gasteiger partial charge in [0.1, 0.15) is 0 Å². The Hall–Kier alpha value is -1.54. The maximum Gasteiger partial charge on any atom is -1.00 e. The molecular formula is C23H19Cl2N2Zr. The van der Waals surface area contributed by atoms with Crippen LogP contribution >= 0.6 is 0 Å². The molecule has 1 aromatic carbocycles. The van der Waals surface area contributed by atoms with E-state index in [1.54, 1.807) is 0 Å². The van der Waals surface area contributed by atoms with Crippen LogP contribution < -0.4 is 24.8 Å². The molecule has 0 N–H and O–H groups in total. The van der Waals surface area contributed by atoms with Crippen molar-refractivity contribution in [2.24, 2.45) is 4.99 Å². The molecular weight excluding hydrogens is 466 g/mol. The largest absolute Gasteiger partial charge is 1.00 e. The zero-order valence-electron chi connectivity index (χ0n) is 15.7. The van der Waals surface area contributed by atoms with Crippen molar-refractivity contribution in [1.82, 2.24) is 4.98 Å². The molecule has 28 heavy (non-hydrogen) atoms. The van der Waals surface area contributed by atoms with E-state index in [2.05, 4.69) is 71.5 Å². The maximum absolute atomic E-state index is 4.54. The quantitative estimate of drug-likeness (QED) is 0.529. The number of nitrogens with zero attached hydrogens (tertiary/aromatic N) is 2. The summed E-state index contributed by atoms with van der Waals surface area (Å²) in [7, 11) is 0. The first-order chi connectivity index (χ1) is 12.6. The Morgan fingerprint density at radius 1 is 0.964 bits per heavy atom. The molecule has 139 valence electrons. The number of rotatable bonds is 1. The predicted molar refractivity (Wildman–Crippen MR) is 104 cm³/mol. The smallest absolute Gasteiger partial charge is 1.00 e. The summed E-state index contributed by atoms with van der Waals surface area (Å²) in [6.45, 7) is 4.09. The molecule has 5 rings (SSSR count). The summed E-state index contributed by atoms with van der Waals surface area (Å²) in [5.74, 6) is 0. The molecule has 0 spiro atoms. The van der Waals surface area contributed by atoms with Crippen molar-refractivity contribution in [1.29, 1.82) is 0 Å². The standard InChI is InChI=1S/C15H12N.C8H7N.2ClH.Zr/c1-11-6-7-15(16-10-11)14-8-12-4-2-3-5-13(12)9-14;1-6-5-7-3-2-4-8(7)9-6;;;/h2-10H,1H3;2-5H,1H3;2*1H;/q;;;;+2/p-2. The zero-order valence-corrected chi connectivity index (χ0v) is 19.6. The molecule has 5 heteroatoms. The third-order valence-electron chi connectivity index (χ3n) is 4.62. The summed E-state index contributed by atoms with van der Waals surface area (Å²) in [4.78, 5) is 8.81. The Morgan fingerprint density at radius 2 is 1.75 bits per heavy atom. The van der Waals surface area contributed by atoms with Gasteiger partial charge < -0.3 is 24.8 Å². The summed E-state index contributed by atoms with van der Waals surface area (Å²) in [6, 6.07) is 12.9. The molecule has 2 aliphatic carbocycles. The minimum Gasteiger partial charge on any atom is -1.00 e. The van der Waals surface area contributed by atoms with E-state index in [4.69, 9.17) is 0 Å². The summed E-state index contributed by atoms with van der Waals surface area (Å²) < 4.78 is 0.536. The Labute approximate surface area is 193 Å². The Bertz CT molecular complexity index is 1020. The van der Waals surface area contributed by atoms with E-state index in [-0.39, 0.29) is 24.8 Å². The first kappa shape index (κ1) is 22.7. The van der Waals surface area contributed by atoms with E-state index in [1.165, 1.54) is 52.6 Å². The van der Waals surface area contributed by atoms with Crippen LogP contribution in [0, 0.1) is 6.92 Å². The Balaban J connectivity index is 0.000000218. The number of pyridine rings is 1. The van der Waals surface area contributed by atoms with Gasteiger partial charge >= 0.3 is 117 Å². The number of aromatic nitrogens is 1. The van der Waals surface area contributed by atoms with Gasteiger partial charge in [0, 0.05) is 11.3 Å². The molecule has 1 atom stereocenters. The van der Waals surface area contributed by atoms with Gasteiger partial charge in [0.2, 0.25) is 0 Å². The molecule has 0 radical (unpaired) electrons. The van der Waals surface area contributed by atoms with Crippen LogP contribution in [0.3, 0.4) is 0 Å². The number of benzene rings is 1. The molecule has 3 aliphatic rings. The van der Waals surface area contributed by atoms with Crippen LogP contribution in [0.1, 0.15) is 32.9 Å². The van der Waals surface area contributed by atoms with Gasteiger partial charge in [-0.2, -0.15) is 0 Å². The van der Waals surface area contributed by atoms with Crippen LogP contribution in [0.2, 0.25) is 0 Å². The summed E-state index contributed by atoms with van der Waals surface area (Å²) >= 11 is 1.53. The number of allylic oxidation sites excluding steroid dienone is 5. The van der Waals surface area contributed by atoms with E-state index >= 15 is 0 Å². The Kier molecular flexibility index (Phi) is 7.95. The van der Waals surface area contributed by atoms with Crippen LogP contribution in [0.5, 0.6) is 0 Å². The van der Waals surface area contributed by atoms with Crippen molar-refractivity contribution < 1.29 is 49.5 Å². The van der Waals surface area contributed by atoms with Crippen LogP contribution in [-0.4, -0.2) is 10.7 Å². The molecule has 1 unspecified atom stereocenters. The number of halogens is 2. The topological polar surface area (TPSA) is 25.2 Å². The number of fused-ring (bicyclic) bond motifs is 2. The molecule has 1 aromatic heterocycles. The summed E-state index contributed by atoms with van der Waals surface area (Å²) in [5, 5.41) is 0. The van der Waals surface area contributed by atoms with Crippen molar-refractivity contribution in [3.63, 3.8) is 0 Å². The maximum atomic E-state index is 4.54. The van der Waals surface area contributed by atoms with Crippen LogP contribution in [0.4, 0.5) is 0 Å². The van der Waals surface area contributed by atoms with Gasteiger partial charge in [-0.25, -0.2) is 0 Å². The van der Waals surface area contributed by atoms with Gasteiger partial charge in [0.25, 0.3) is 0 Å². The van der Waals surface area contributed by atoms with Crippen molar-refractivity contribution >= 4 is 17.4 Å². The Morgan fingerprint density at radius 3 is 2.43 bits per heavy atom. The molecule has 1 aliphatic heterocycles. The van der Waals surface area contributed by atoms with Gasteiger partial charge in [-0.1, -0.05) is 12.2 Å². The SMILES string of the molecule is CC1=NC2=CC=CC2=C1.Cc1ccc(C2=Cc3ccccc3[CH]2[Zr+2])nc1.[Cl-].[Cl-]. The number of aliphatic imine (C=N–C) groups is 1. The van der Waals surface area contributed by atoms with Gasteiger partial charge in [-0.05, 0) is 19.1 Å². The van der Waals surface area contributed by atoms with Crippen molar-refractivity contribution in [3.8, 4) is 0 Å². The van der Waals surface area contributed by atoms with E-state index in [0.29, 0.717) is 3.63 Å². The molecule has 0 amide bonds. The fraction of sp³-hybridized carbons (Fsp3) is 0.130. The van der Waals surface area contributed by atoms with Crippen LogP contribution in [-0.2, 0) is 24.7 Å². The number of hydrogen-bond acceptors (Lipinski definition) is 2. The third-order valence-corrected chi connectivity index (χ3v) is 6.15. The second kappa shape index (κ2) is 9.78. The molecule has 2 aromatic rings. The van der Waals surface area contributed by atoms with Crippen molar-refractivity contribution in [3.05, 3.63) is 101 Å². The number of aryl methyl sites for hydroxylation is 1. The van der Waals surface area contributed by atoms with Gasteiger partial charge in [0.05, 0.1) is 5.70 Å². The zero-order chi connectivity index (χ0) is 18.1. The second-order valence-electron chi connectivity index (χ2n) is 6.65. The number of hydrogen-bond donors (Lipinski definition) is 0. The van der Waals surface area contributed by atoms with E-state index in [1.807, 2.05) is 25.3 Å². The molecule has 2 nitrogen and oxygen atoms in total. The summed E-state index contributed by atoms with van der Waals surface area (Å²) in [6.07, 6.45) is 12.5. The minimum absolute atomic E-state index is 0. The van der Waals surface area contributed by atoms with E-state index in [0.717, 1.165) is 17.1 Å². The minimum atomic E-state index is 0. The normalized spacial score (nSPS) is 17.6. The van der Waals surface area contributed by atoms with Crippen molar-refractivity contribution in [2.75, 3.05) is 0 Å². The fourth-order valence-electron chi connectivity index (χ4n) is 3.28. The monoisotopic (exact) mass is 483 g/mol. The van der Waals surface area contributed by atoms with Gasteiger partial charge in [-0.3, -0.25) is 4.99 Å². The fourth-order valence-corrected chi connectivity index (χ4v) is 4.49. The van der Waals surface area contributed by atoms with Crippen LogP contribution in [0.15, 0.2) is 83.2 Å². The first-order valence-electron chi connectivity index (χ1n) is 8.72. The van der Waals surface area contributed by atoms with Crippen molar-refractivity contribution in [2.45, 2.75) is 17.5 Å². The second-order valence-corrected chi connectivity index (χ2v) is 8.07. The van der Waals surface area contributed by atoms with E-state index < -0.39 is 0 Å². The van der Waals surface area contributed by atoms with Gasteiger partial charge in [0.15, 0.2) is 0 Å². The molecule has 0 fully saturated rings. The summed E-state index contributed by atoms with van der Waals surface area (Å²) in [5.41, 5.74) is 9.98.